The first kappa shape index (κ1) is 11.1. The molecule has 0 aliphatic heterocycles. The van der Waals surface area contributed by atoms with Crippen molar-refractivity contribution in [2.75, 3.05) is 6.54 Å². The smallest absolute Gasteiger partial charge is 0.407 e. The average molecular weight is 249 g/mol. The molecule has 0 aromatic rings. The lowest BCUT2D eigenvalue weighted by atomic mass is 9.51. The van der Waals surface area contributed by atoms with E-state index in [9.17, 15) is 4.79 Å². The molecule has 0 radical (unpaired) electrons. The fourth-order valence-corrected chi connectivity index (χ4v) is 7.38. The van der Waals surface area contributed by atoms with Crippen LogP contribution in [0.2, 0.25) is 0 Å². The minimum absolute atomic E-state index is 0.145. The Labute approximate surface area is 109 Å². The van der Waals surface area contributed by atoms with Crippen molar-refractivity contribution in [2.24, 2.45) is 27.6 Å². The van der Waals surface area contributed by atoms with E-state index < -0.39 is 0 Å². The highest BCUT2D eigenvalue weighted by atomic mass is 16.6. The molecular formula is C15H23NO2. The van der Waals surface area contributed by atoms with Gasteiger partial charge in [-0.1, -0.05) is 20.8 Å². The first-order chi connectivity index (χ1) is 8.37. The van der Waals surface area contributed by atoms with Crippen molar-refractivity contribution in [1.82, 2.24) is 5.32 Å². The molecule has 1 amide bonds. The number of carbonyl (C=O) groups is 1. The van der Waals surface area contributed by atoms with E-state index in [1.807, 2.05) is 6.92 Å². The molecule has 6 atom stereocenters. The first-order valence-corrected chi connectivity index (χ1v) is 7.32. The Balaban J connectivity index is 1.59. The van der Waals surface area contributed by atoms with Gasteiger partial charge in [-0.25, -0.2) is 4.79 Å². The molecule has 0 aromatic carbocycles. The number of fused-ring (bicyclic) bond motifs is 1. The second-order valence-corrected chi connectivity index (χ2v) is 7.63. The van der Waals surface area contributed by atoms with Gasteiger partial charge in [-0.15, -0.1) is 0 Å². The summed E-state index contributed by atoms with van der Waals surface area (Å²) in [6, 6.07) is 0. The van der Waals surface area contributed by atoms with E-state index in [0.29, 0.717) is 22.8 Å². The number of nitrogens with one attached hydrogen (secondary N) is 1. The van der Waals surface area contributed by atoms with Crippen LogP contribution in [0.1, 0.15) is 47.0 Å². The highest BCUT2D eigenvalue weighted by Gasteiger charge is 3.04. The molecule has 1 spiro atoms. The van der Waals surface area contributed by atoms with Gasteiger partial charge in [-0.05, 0) is 48.3 Å². The molecule has 3 heteroatoms. The molecular weight excluding hydrogens is 226 g/mol. The van der Waals surface area contributed by atoms with Crippen LogP contribution in [-0.4, -0.2) is 18.7 Å². The lowest BCUT2D eigenvalue weighted by molar-refractivity contribution is -0.0940. The summed E-state index contributed by atoms with van der Waals surface area (Å²) in [6.45, 7) is 9.86. The summed E-state index contributed by atoms with van der Waals surface area (Å²) in [5, 5.41) is 2.76. The Bertz CT molecular complexity index is 453. The van der Waals surface area contributed by atoms with Gasteiger partial charge in [0.05, 0.1) is 0 Å². The van der Waals surface area contributed by atoms with Crippen LogP contribution in [0.25, 0.3) is 0 Å². The van der Waals surface area contributed by atoms with Crippen molar-refractivity contribution < 1.29 is 9.53 Å². The number of alkyl carbamates (subject to hydrolysis) is 1. The van der Waals surface area contributed by atoms with Gasteiger partial charge in [-0.2, -0.15) is 0 Å². The van der Waals surface area contributed by atoms with Crippen molar-refractivity contribution in [3.05, 3.63) is 0 Å². The molecule has 0 saturated heterocycles. The van der Waals surface area contributed by atoms with Crippen LogP contribution in [0, 0.1) is 27.6 Å². The van der Waals surface area contributed by atoms with Crippen LogP contribution < -0.4 is 5.32 Å². The van der Waals surface area contributed by atoms with Crippen LogP contribution in [0.3, 0.4) is 0 Å². The summed E-state index contributed by atoms with van der Waals surface area (Å²) < 4.78 is 5.72. The zero-order valence-electron chi connectivity index (χ0n) is 11.8. The zero-order chi connectivity index (χ0) is 13.0. The Morgan fingerprint density at radius 1 is 1.33 bits per heavy atom. The van der Waals surface area contributed by atoms with Gasteiger partial charge in [0.2, 0.25) is 0 Å². The molecule has 100 valence electrons. The molecule has 4 fully saturated rings. The molecule has 18 heavy (non-hydrogen) atoms. The van der Waals surface area contributed by atoms with Crippen LogP contribution in [0.4, 0.5) is 4.79 Å². The fraction of sp³-hybridized carbons (Fsp3) is 0.933. The molecule has 0 aromatic heterocycles. The number of amides is 1. The highest BCUT2D eigenvalue weighted by molar-refractivity contribution is 5.68. The normalized spacial score (nSPS) is 62.0. The predicted octanol–water partition coefficient (Wildman–Crippen LogP) is 2.95. The van der Waals surface area contributed by atoms with Gasteiger partial charge in [0.1, 0.15) is 6.10 Å². The van der Waals surface area contributed by atoms with E-state index in [0.717, 1.165) is 12.3 Å². The molecule has 4 rings (SSSR count). The summed E-state index contributed by atoms with van der Waals surface area (Å²) in [4.78, 5) is 11.7. The summed E-state index contributed by atoms with van der Waals surface area (Å²) in [7, 11) is 0. The van der Waals surface area contributed by atoms with Gasteiger partial charge in [0, 0.05) is 12.0 Å². The monoisotopic (exact) mass is 249 g/mol. The number of carbonyl (C=O) groups excluding carboxylic acids is 1. The number of hydrogen-bond donors (Lipinski definition) is 1. The van der Waals surface area contributed by atoms with Crippen molar-refractivity contribution >= 4 is 6.09 Å². The topological polar surface area (TPSA) is 38.3 Å². The predicted molar refractivity (Wildman–Crippen MR) is 68.0 cm³/mol. The lowest BCUT2D eigenvalue weighted by Crippen LogP contribution is -2.51. The standard InChI is InChI=1S/C15H23NO2/c1-5-16-11(17)18-10-6-9-7-13(3)14(4)8-12(10,2)15(9,13)14/h9-10H,5-8H2,1-4H3,(H,16,17). The van der Waals surface area contributed by atoms with E-state index in [-0.39, 0.29) is 17.6 Å². The van der Waals surface area contributed by atoms with Crippen LogP contribution >= 0.6 is 0 Å². The van der Waals surface area contributed by atoms with E-state index in [2.05, 4.69) is 26.1 Å². The Hall–Kier alpha value is -0.730. The Morgan fingerprint density at radius 3 is 2.56 bits per heavy atom. The van der Waals surface area contributed by atoms with Gasteiger partial charge in [0.25, 0.3) is 0 Å². The molecule has 4 aliphatic carbocycles. The van der Waals surface area contributed by atoms with Crippen LogP contribution in [0.15, 0.2) is 0 Å². The third-order valence-electron chi connectivity index (χ3n) is 7.56. The molecule has 3 nitrogen and oxygen atoms in total. The summed E-state index contributed by atoms with van der Waals surface area (Å²) in [6.07, 6.45) is 3.62. The summed E-state index contributed by atoms with van der Waals surface area (Å²) >= 11 is 0. The van der Waals surface area contributed by atoms with Crippen molar-refractivity contribution in [3.8, 4) is 0 Å². The van der Waals surface area contributed by atoms with Crippen molar-refractivity contribution in [3.63, 3.8) is 0 Å². The lowest BCUT2D eigenvalue weighted by Gasteiger charge is -2.53. The van der Waals surface area contributed by atoms with Gasteiger partial charge in [-0.3, -0.25) is 0 Å². The number of ether oxygens (including phenoxy) is 1. The van der Waals surface area contributed by atoms with Crippen LogP contribution in [-0.2, 0) is 4.74 Å². The second-order valence-electron chi connectivity index (χ2n) is 7.63. The molecule has 1 N–H and O–H groups in total. The van der Waals surface area contributed by atoms with Crippen LogP contribution in [0.5, 0.6) is 0 Å². The molecule has 4 saturated carbocycles. The maximum atomic E-state index is 11.7. The van der Waals surface area contributed by atoms with Crippen molar-refractivity contribution in [2.45, 2.75) is 53.1 Å². The van der Waals surface area contributed by atoms with E-state index in [4.69, 9.17) is 4.74 Å². The van der Waals surface area contributed by atoms with Gasteiger partial charge in [0.15, 0.2) is 0 Å². The zero-order valence-corrected chi connectivity index (χ0v) is 11.8. The van der Waals surface area contributed by atoms with E-state index >= 15 is 0 Å². The third-order valence-corrected chi connectivity index (χ3v) is 7.56. The van der Waals surface area contributed by atoms with E-state index in [1.165, 1.54) is 12.8 Å². The molecule has 6 unspecified atom stereocenters. The van der Waals surface area contributed by atoms with E-state index in [1.54, 1.807) is 0 Å². The molecule has 4 aliphatic rings. The number of rotatable bonds is 2. The van der Waals surface area contributed by atoms with Crippen molar-refractivity contribution in [1.29, 1.82) is 0 Å². The van der Waals surface area contributed by atoms with Gasteiger partial charge >= 0.3 is 6.09 Å². The maximum absolute atomic E-state index is 11.7. The average Bonchev–Trinajstić information content (AvgIpc) is 2.42. The largest absolute Gasteiger partial charge is 0.446 e. The second kappa shape index (κ2) is 2.59. The Morgan fingerprint density at radius 2 is 2.06 bits per heavy atom. The first-order valence-electron chi connectivity index (χ1n) is 7.32. The maximum Gasteiger partial charge on any atom is 0.407 e. The summed E-state index contributed by atoms with van der Waals surface area (Å²) in [5.74, 6) is 0.811. The summed E-state index contributed by atoms with van der Waals surface area (Å²) in [5.41, 5.74) is 1.88. The number of hydrogen-bond acceptors (Lipinski definition) is 2. The van der Waals surface area contributed by atoms with Gasteiger partial charge < -0.3 is 10.1 Å². The Kier molecular flexibility index (Phi) is 1.60. The molecule has 0 bridgehead atoms. The molecule has 0 heterocycles. The highest BCUT2D eigenvalue weighted by Crippen LogP contribution is 3.07. The minimum Gasteiger partial charge on any atom is -0.446 e. The fourth-order valence-electron chi connectivity index (χ4n) is 7.38. The SMILES string of the molecule is CCNC(=O)OC1CC2CC3(C)C4(C)CC1(C)C234. The third kappa shape index (κ3) is 0.687. The quantitative estimate of drug-likeness (QED) is 0.817. The minimum atomic E-state index is -0.225.